The average molecular weight is 326 g/mol. The Bertz CT molecular complexity index is 459. The van der Waals surface area contributed by atoms with Gasteiger partial charge in [0.2, 0.25) is 0 Å². The molecule has 3 N–H and O–H groups in total. The van der Waals surface area contributed by atoms with Gasteiger partial charge in [-0.15, -0.1) is 0 Å². The van der Waals surface area contributed by atoms with Crippen LogP contribution >= 0.6 is 0 Å². The van der Waals surface area contributed by atoms with Gasteiger partial charge in [-0.3, -0.25) is 0 Å². The van der Waals surface area contributed by atoms with Crippen LogP contribution in [-0.2, 0) is 14.9 Å². The summed E-state index contributed by atoms with van der Waals surface area (Å²) in [5.41, 5.74) is -0.323. The normalized spacial score (nSPS) is 16.4. The number of aliphatic hydroxyl groups excluding tert-OH is 2. The maximum atomic E-state index is 10.7. The van der Waals surface area contributed by atoms with Gasteiger partial charge in [-0.25, -0.2) is 0 Å². The molecule has 0 unspecified atom stereocenters. The number of rotatable bonds is 8. The van der Waals surface area contributed by atoms with Gasteiger partial charge in [-0.1, -0.05) is 45.0 Å². The maximum Gasteiger partial charge on any atom is 0.191 e. The van der Waals surface area contributed by atoms with Crippen molar-refractivity contribution in [2.45, 2.75) is 58.0 Å². The molecule has 0 aliphatic rings. The first-order valence-corrected chi connectivity index (χ1v) is 8.05. The molecule has 0 spiro atoms. The average Bonchev–Trinajstić information content (AvgIpc) is 2.52. The molecule has 0 aliphatic heterocycles. The minimum atomic E-state index is -1.94. The molecule has 1 aromatic rings. The van der Waals surface area contributed by atoms with E-state index in [1.807, 2.05) is 12.1 Å². The summed E-state index contributed by atoms with van der Waals surface area (Å²) in [6.07, 6.45) is -2.44. The summed E-state index contributed by atoms with van der Waals surface area (Å²) in [6.45, 7) is 9.72. The second-order valence-corrected chi connectivity index (χ2v) is 6.67. The Kier molecular flexibility index (Phi) is 7.17. The third kappa shape index (κ3) is 4.75. The molecule has 0 fully saturated rings. The Labute approximate surface area is 138 Å². The second-order valence-electron chi connectivity index (χ2n) is 6.67. The van der Waals surface area contributed by atoms with E-state index in [-0.39, 0.29) is 5.41 Å². The lowest BCUT2D eigenvalue weighted by molar-refractivity contribution is -0.275. The summed E-state index contributed by atoms with van der Waals surface area (Å²) in [6, 6.07) is 7.32. The van der Waals surface area contributed by atoms with Crippen LogP contribution in [0.5, 0.6) is 0 Å². The summed E-state index contributed by atoms with van der Waals surface area (Å²) >= 11 is 0. The van der Waals surface area contributed by atoms with Crippen LogP contribution in [-0.4, -0.2) is 47.0 Å². The lowest BCUT2D eigenvalue weighted by atomic mass is 9.84. The van der Waals surface area contributed by atoms with Gasteiger partial charge in [0.25, 0.3) is 0 Å². The highest BCUT2D eigenvalue weighted by Gasteiger charge is 2.45. The van der Waals surface area contributed by atoms with Gasteiger partial charge in [-0.2, -0.15) is 0 Å². The monoisotopic (exact) mass is 326 g/mol. The molecular formula is C18H30O5. The van der Waals surface area contributed by atoms with Crippen molar-refractivity contribution in [3.63, 3.8) is 0 Å². The van der Waals surface area contributed by atoms with Crippen molar-refractivity contribution in [2.75, 3.05) is 19.8 Å². The number of hydrogen-bond acceptors (Lipinski definition) is 5. The predicted octanol–water partition coefficient (Wildman–Crippen LogP) is 2.14. The van der Waals surface area contributed by atoms with Crippen LogP contribution < -0.4 is 0 Å². The zero-order chi connectivity index (χ0) is 17.7. The molecule has 0 heterocycles. The number of hydrogen-bond donors (Lipinski definition) is 3. The molecule has 132 valence electrons. The van der Waals surface area contributed by atoms with Crippen molar-refractivity contribution in [1.82, 2.24) is 0 Å². The Balaban J connectivity index is 3.08. The summed E-state index contributed by atoms with van der Waals surface area (Å²) in [4.78, 5) is 0. The first-order valence-electron chi connectivity index (χ1n) is 8.05. The van der Waals surface area contributed by atoms with Crippen molar-refractivity contribution in [3.8, 4) is 0 Å². The van der Waals surface area contributed by atoms with Crippen LogP contribution in [0.4, 0.5) is 0 Å². The molecule has 0 aliphatic carbocycles. The molecule has 1 aromatic carbocycles. The number of ether oxygens (including phenoxy) is 2. The minimum absolute atomic E-state index is 0.00402. The van der Waals surface area contributed by atoms with Crippen molar-refractivity contribution >= 4 is 0 Å². The topological polar surface area (TPSA) is 79.2 Å². The predicted molar refractivity (Wildman–Crippen MR) is 89.2 cm³/mol. The second kappa shape index (κ2) is 8.22. The number of aliphatic hydroxyl groups is 3. The fourth-order valence-electron chi connectivity index (χ4n) is 2.38. The van der Waals surface area contributed by atoms with E-state index in [1.165, 1.54) is 0 Å². The summed E-state index contributed by atoms with van der Waals surface area (Å²) in [5.74, 6) is 0. The summed E-state index contributed by atoms with van der Waals surface area (Å²) < 4.78 is 10.7. The maximum absolute atomic E-state index is 10.7. The summed E-state index contributed by atoms with van der Waals surface area (Å²) in [5, 5.41) is 31.0. The molecule has 0 amide bonds. The third-order valence-electron chi connectivity index (χ3n) is 3.86. The smallest absolute Gasteiger partial charge is 0.191 e. The standard InChI is InChI=1S/C18H30O5/c1-6-22-16(23-7-2)18(21,12-19)15(20)13-8-10-14(11-9-13)17(3,4)5/h8-11,15-16,19-21H,6-7,12H2,1-5H3/t15-,18-/m1/s1. The highest BCUT2D eigenvalue weighted by Crippen LogP contribution is 2.32. The molecule has 0 saturated heterocycles. The van der Waals surface area contributed by atoms with E-state index in [1.54, 1.807) is 26.0 Å². The van der Waals surface area contributed by atoms with Crippen molar-refractivity contribution < 1.29 is 24.8 Å². The van der Waals surface area contributed by atoms with Crippen LogP contribution in [0.1, 0.15) is 51.8 Å². The van der Waals surface area contributed by atoms with Gasteiger partial charge in [0, 0.05) is 13.2 Å². The van der Waals surface area contributed by atoms with E-state index in [2.05, 4.69) is 20.8 Å². The highest BCUT2D eigenvalue weighted by molar-refractivity contribution is 5.30. The molecule has 23 heavy (non-hydrogen) atoms. The fourth-order valence-corrected chi connectivity index (χ4v) is 2.38. The van der Waals surface area contributed by atoms with Crippen LogP contribution in [0.2, 0.25) is 0 Å². The molecule has 1 rings (SSSR count). The molecule has 2 atom stereocenters. The van der Waals surface area contributed by atoms with Crippen LogP contribution in [0, 0.1) is 0 Å². The van der Waals surface area contributed by atoms with Crippen molar-refractivity contribution in [2.24, 2.45) is 0 Å². The molecule has 5 heteroatoms. The highest BCUT2D eigenvalue weighted by atomic mass is 16.7. The molecule has 5 nitrogen and oxygen atoms in total. The van der Waals surface area contributed by atoms with Gasteiger partial charge in [-0.05, 0) is 30.4 Å². The Hall–Kier alpha value is -0.980. The lowest BCUT2D eigenvalue weighted by Gasteiger charge is -2.37. The Morgan fingerprint density at radius 2 is 1.48 bits per heavy atom. The van der Waals surface area contributed by atoms with Gasteiger partial charge in [0.15, 0.2) is 11.9 Å². The van der Waals surface area contributed by atoms with Crippen molar-refractivity contribution in [3.05, 3.63) is 35.4 Å². The first kappa shape index (κ1) is 20.1. The van der Waals surface area contributed by atoms with E-state index in [4.69, 9.17) is 9.47 Å². The van der Waals surface area contributed by atoms with Crippen molar-refractivity contribution in [1.29, 1.82) is 0 Å². The SMILES string of the molecule is CCOC(OCC)[C@@](O)(CO)[C@H](O)c1ccc(C(C)(C)C)cc1. The van der Waals surface area contributed by atoms with E-state index in [9.17, 15) is 15.3 Å². The van der Waals surface area contributed by atoms with E-state index in [0.717, 1.165) is 5.56 Å². The Morgan fingerprint density at radius 1 is 1.00 bits per heavy atom. The lowest BCUT2D eigenvalue weighted by Crippen LogP contribution is -2.53. The van der Waals surface area contributed by atoms with Gasteiger partial charge >= 0.3 is 0 Å². The van der Waals surface area contributed by atoms with E-state index >= 15 is 0 Å². The van der Waals surface area contributed by atoms with Gasteiger partial charge in [0.1, 0.15) is 6.10 Å². The van der Waals surface area contributed by atoms with Crippen LogP contribution in [0.3, 0.4) is 0 Å². The zero-order valence-electron chi connectivity index (χ0n) is 14.7. The number of benzene rings is 1. The minimum Gasteiger partial charge on any atom is -0.393 e. The summed E-state index contributed by atoms with van der Waals surface area (Å²) in [7, 11) is 0. The molecule has 0 bridgehead atoms. The van der Waals surface area contributed by atoms with E-state index < -0.39 is 24.6 Å². The molecule has 0 radical (unpaired) electrons. The molecule has 0 saturated carbocycles. The quantitative estimate of drug-likeness (QED) is 0.638. The zero-order valence-corrected chi connectivity index (χ0v) is 14.7. The largest absolute Gasteiger partial charge is 0.393 e. The Morgan fingerprint density at radius 3 is 1.83 bits per heavy atom. The van der Waals surface area contributed by atoms with Gasteiger partial charge < -0.3 is 24.8 Å². The van der Waals surface area contributed by atoms with Crippen LogP contribution in [0.25, 0.3) is 0 Å². The van der Waals surface area contributed by atoms with Crippen LogP contribution in [0.15, 0.2) is 24.3 Å². The van der Waals surface area contributed by atoms with Gasteiger partial charge in [0.05, 0.1) is 6.61 Å². The molecular weight excluding hydrogens is 296 g/mol. The molecule has 0 aromatic heterocycles. The third-order valence-corrected chi connectivity index (χ3v) is 3.86. The van der Waals surface area contributed by atoms with E-state index in [0.29, 0.717) is 18.8 Å². The fraction of sp³-hybridized carbons (Fsp3) is 0.667. The first-order chi connectivity index (χ1) is 10.7.